The normalized spacial score (nSPS) is 17.2. The number of rotatable bonds is 5. The van der Waals surface area contributed by atoms with Crippen LogP contribution in [0.15, 0.2) is 78.5 Å². The molecule has 7 heteroatoms. The number of aromatic nitrogens is 1. The van der Waals surface area contributed by atoms with Crippen LogP contribution in [0.25, 0.3) is 16.7 Å². The minimum Gasteiger partial charge on any atom is -0.507 e. The topological polar surface area (TPSA) is 71.8 Å². The summed E-state index contributed by atoms with van der Waals surface area (Å²) in [4.78, 5) is 28.3. The molecule has 4 aromatic rings. The van der Waals surface area contributed by atoms with Gasteiger partial charge in [-0.3, -0.25) is 9.59 Å². The van der Waals surface area contributed by atoms with Crippen LogP contribution < -0.4 is 4.74 Å². The molecule has 1 saturated heterocycles. The van der Waals surface area contributed by atoms with E-state index < -0.39 is 23.5 Å². The van der Waals surface area contributed by atoms with Crippen molar-refractivity contribution in [2.24, 2.45) is 7.05 Å². The minimum absolute atomic E-state index is 0.0117. The number of halogens is 1. The van der Waals surface area contributed by atoms with Crippen molar-refractivity contribution in [1.29, 1.82) is 0 Å². The summed E-state index contributed by atoms with van der Waals surface area (Å²) < 4.78 is 20.9. The summed E-state index contributed by atoms with van der Waals surface area (Å²) in [6, 6.07) is 17.9. The molecule has 0 spiro atoms. The van der Waals surface area contributed by atoms with Crippen LogP contribution in [-0.4, -0.2) is 33.4 Å². The third-order valence-electron chi connectivity index (χ3n) is 6.64. The number of ether oxygens (including phenoxy) is 1. The fourth-order valence-electron chi connectivity index (χ4n) is 4.90. The average molecular weight is 485 g/mol. The molecule has 0 saturated carbocycles. The van der Waals surface area contributed by atoms with E-state index in [-0.39, 0.29) is 17.9 Å². The molecule has 36 heavy (non-hydrogen) atoms. The number of carbonyl (C=O) groups is 2. The van der Waals surface area contributed by atoms with E-state index in [1.807, 2.05) is 55.1 Å². The van der Waals surface area contributed by atoms with Gasteiger partial charge >= 0.3 is 0 Å². The van der Waals surface area contributed by atoms with E-state index in [1.54, 1.807) is 24.3 Å². The maximum atomic E-state index is 13.5. The molecule has 0 radical (unpaired) electrons. The van der Waals surface area contributed by atoms with E-state index in [4.69, 9.17) is 4.74 Å². The number of ketones is 1. The highest BCUT2D eigenvalue weighted by Crippen LogP contribution is 2.44. The van der Waals surface area contributed by atoms with E-state index in [0.717, 1.165) is 16.5 Å². The molecule has 6 nitrogen and oxygen atoms in total. The van der Waals surface area contributed by atoms with E-state index in [9.17, 15) is 19.1 Å². The molecular weight excluding hydrogens is 459 g/mol. The third kappa shape index (κ3) is 3.82. The SMILES string of the molecule is COc1ccc(C)cc1/C(O)=C1\C(=O)C(=O)N(Cc2ccc(F)cc2)C1c1cn(C)c2ccccc12. The van der Waals surface area contributed by atoms with Crippen LogP contribution >= 0.6 is 0 Å². The van der Waals surface area contributed by atoms with Crippen LogP contribution in [-0.2, 0) is 23.2 Å². The van der Waals surface area contributed by atoms with Crippen LogP contribution in [0.5, 0.6) is 5.75 Å². The molecule has 2 heterocycles. The number of fused-ring (bicyclic) bond motifs is 1. The Balaban J connectivity index is 1.75. The van der Waals surface area contributed by atoms with Gasteiger partial charge in [-0.15, -0.1) is 0 Å². The summed E-state index contributed by atoms with van der Waals surface area (Å²) in [6.07, 6.45) is 1.87. The number of carbonyl (C=O) groups excluding carboxylic acids is 2. The van der Waals surface area contributed by atoms with Crippen LogP contribution in [0.2, 0.25) is 0 Å². The number of aryl methyl sites for hydroxylation is 2. The zero-order chi connectivity index (χ0) is 25.6. The summed E-state index contributed by atoms with van der Waals surface area (Å²) >= 11 is 0. The van der Waals surface area contributed by atoms with Crippen molar-refractivity contribution in [2.75, 3.05) is 7.11 Å². The number of nitrogens with zero attached hydrogens (tertiary/aromatic N) is 2. The smallest absolute Gasteiger partial charge is 0.295 e. The predicted octanol–water partition coefficient (Wildman–Crippen LogP) is 5.26. The standard InChI is InChI=1S/C29H25FN2O4/c1-17-8-13-24(36-3)21(14-17)27(33)25-26(22-16-31(2)23-7-5-4-6-20(22)23)32(29(35)28(25)34)15-18-9-11-19(30)12-10-18/h4-14,16,26,33H,15H2,1-3H3/b27-25+. The van der Waals surface area contributed by atoms with Crippen molar-refractivity contribution < 1.29 is 23.8 Å². The highest BCUT2D eigenvalue weighted by atomic mass is 19.1. The van der Waals surface area contributed by atoms with Gasteiger partial charge in [0.25, 0.3) is 11.7 Å². The van der Waals surface area contributed by atoms with Gasteiger partial charge in [-0.1, -0.05) is 42.0 Å². The molecule has 0 aliphatic carbocycles. The summed E-state index contributed by atoms with van der Waals surface area (Å²) in [5, 5.41) is 12.4. The number of para-hydroxylation sites is 1. The maximum absolute atomic E-state index is 13.5. The predicted molar refractivity (Wildman–Crippen MR) is 135 cm³/mol. The summed E-state index contributed by atoms with van der Waals surface area (Å²) in [5.41, 5.74) is 3.48. The van der Waals surface area contributed by atoms with E-state index in [0.29, 0.717) is 22.4 Å². The van der Waals surface area contributed by atoms with Crippen molar-refractivity contribution in [2.45, 2.75) is 19.5 Å². The van der Waals surface area contributed by atoms with Crippen molar-refractivity contribution in [1.82, 2.24) is 9.47 Å². The monoisotopic (exact) mass is 484 g/mol. The van der Waals surface area contributed by atoms with Crippen LogP contribution in [0.3, 0.4) is 0 Å². The van der Waals surface area contributed by atoms with Gasteiger partial charge in [-0.05, 0) is 42.8 Å². The largest absolute Gasteiger partial charge is 0.507 e. The Bertz CT molecular complexity index is 1530. The second-order valence-electron chi connectivity index (χ2n) is 8.97. The highest BCUT2D eigenvalue weighted by Gasteiger charge is 2.47. The van der Waals surface area contributed by atoms with Gasteiger partial charge in [0, 0.05) is 36.3 Å². The van der Waals surface area contributed by atoms with Gasteiger partial charge in [0.05, 0.1) is 24.3 Å². The number of benzene rings is 3. The molecule has 1 fully saturated rings. The zero-order valence-electron chi connectivity index (χ0n) is 20.2. The third-order valence-corrected chi connectivity index (χ3v) is 6.64. The van der Waals surface area contributed by atoms with Crippen molar-refractivity contribution in [3.8, 4) is 5.75 Å². The van der Waals surface area contributed by atoms with Gasteiger partial charge in [-0.2, -0.15) is 0 Å². The van der Waals surface area contributed by atoms with Crippen LogP contribution in [0.4, 0.5) is 4.39 Å². The van der Waals surface area contributed by atoms with E-state index in [2.05, 4.69) is 0 Å². The maximum Gasteiger partial charge on any atom is 0.295 e. The fraction of sp³-hybridized carbons (Fsp3) is 0.172. The molecule has 1 amide bonds. The quantitative estimate of drug-likeness (QED) is 0.238. The fourth-order valence-corrected chi connectivity index (χ4v) is 4.90. The summed E-state index contributed by atoms with van der Waals surface area (Å²) in [5.74, 6) is -1.81. The first-order valence-corrected chi connectivity index (χ1v) is 11.5. The second kappa shape index (κ2) is 9.00. The lowest BCUT2D eigenvalue weighted by atomic mass is 9.94. The first-order chi connectivity index (χ1) is 17.3. The molecule has 1 aliphatic heterocycles. The van der Waals surface area contributed by atoms with Crippen molar-refractivity contribution >= 4 is 28.4 Å². The molecule has 182 valence electrons. The number of aliphatic hydroxyl groups is 1. The molecular formula is C29H25FN2O4. The summed E-state index contributed by atoms with van der Waals surface area (Å²) in [7, 11) is 3.37. The average Bonchev–Trinajstić information content (AvgIpc) is 3.33. The van der Waals surface area contributed by atoms with Crippen molar-refractivity contribution in [3.63, 3.8) is 0 Å². The van der Waals surface area contributed by atoms with Gasteiger partial charge in [0.15, 0.2) is 0 Å². The Morgan fingerprint density at radius 1 is 1.06 bits per heavy atom. The molecule has 1 N–H and O–H groups in total. The molecule has 1 unspecified atom stereocenters. The molecule has 0 bridgehead atoms. The lowest BCUT2D eigenvalue weighted by Crippen LogP contribution is -2.29. The number of hydrogen-bond donors (Lipinski definition) is 1. The summed E-state index contributed by atoms with van der Waals surface area (Å²) in [6.45, 7) is 1.94. The first-order valence-electron chi connectivity index (χ1n) is 11.5. The van der Waals surface area contributed by atoms with Gasteiger partial charge in [0.2, 0.25) is 0 Å². The number of methoxy groups -OCH3 is 1. The van der Waals surface area contributed by atoms with Crippen molar-refractivity contribution in [3.05, 3.63) is 107 Å². The lowest BCUT2D eigenvalue weighted by molar-refractivity contribution is -0.140. The van der Waals surface area contributed by atoms with E-state index in [1.165, 1.54) is 24.1 Å². The van der Waals surface area contributed by atoms with Gasteiger partial charge < -0.3 is 19.3 Å². The van der Waals surface area contributed by atoms with Gasteiger partial charge in [-0.25, -0.2) is 4.39 Å². The van der Waals surface area contributed by atoms with Gasteiger partial charge in [0.1, 0.15) is 17.3 Å². The Morgan fingerprint density at radius 3 is 2.50 bits per heavy atom. The molecule has 1 aromatic heterocycles. The lowest BCUT2D eigenvalue weighted by Gasteiger charge is -2.25. The molecule has 1 atom stereocenters. The molecule has 3 aromatic carbocycles. The molecule has 5 rings (SSSR count). The highest BCUT2D eigenvalue weighted by molar-refractivity contribution is 6.46. The zero-order valence-corrected chi connectivity index (χ0v) is 20.2. The minimum atomic E-state index is -0.855. The Hall–Kier alpha value is -4.39. The second-order valence-corrected chi connectivity index (χ2v) is 8.97. The van der Waals surface area contributed by atoms with Crippen LogP contribution in [0.1, 0.15) is 28.3 Å². The number of Topliss-reactive ketones (excluding diaryl/α,β-unsaturated/α-hetero) is 1. The number of aliphatic hydroxyl groups excluding tert-OH is 1. The Morgan fingerprint density at radius 2 is 1.78 bits per heavy atom. The van der Waals surface area contributed by atoms with Crippen LogP contribution in [0, 0.1) is 12.7 Å². The first kappa shape index (κ1) is 23.4. The molecule has 1 aliphatic rings. The number of hydrogen-bond acceptors (Lipinski definition) is 4. The number of amides is 1. The number of likely N-dealkylation sites (tertiary alicyclic amines) is 1. The Kier molecular flexibility index (Phi) is 5.84. The Labute approximate surface area is 207 Å². The van der Waals surface area contributed by atoms with E-state index >= 15 is 0 Å².